The summed E-state index contributed by atoms with van der Waals surface area (Å²) >= 11 is 0. The Kier molecular flexibility index (Phi) is 3.25. The van der Waals surface area contributed by atoms with E-state index in [1.165, 1.54) is 12.1 Å². The number of hydrogen-bond donors (Lipinski definition) is 3. The Balaban J connectivity index is 2.45. The average Bonchev–Trinajstić information content (AvgIpc) is 2.28. The van der Waals surface area contributed by atoms with Crippen molar-refractivity contribution in [1.29, 1.82) is 0 Å². The van der Waals surface area contributed by atoms with E-state index in [0.29, 0.717) is 12.8 Å². The third-order valence-electron chi connectivity index (χ3n) is 3.27. The Labute approximate surface area is 103 Å². The van der Waals surface area contributed by atoms with Crippen LogP contribution in [0.2, 0.25) is 0 Å². The second kappa shape index (κ2) is 4.44. The van der Waals surface area contributed by atoms with Crippen LogP contribution in [0.1, 0.15) is 24.0 Å². The van der Waals surface area contributed by atoms with Gasteiger partial charge in [-0.3, -0.25) is 0 Å². The number of rotatable bonds is 1. The van der Waals surface area contributed by atoms with Crippen molar-refractivity contribution >= 4 is 5.69 Å². The van der Waals surface area contributed by atoms with Gasteiger partial charge in [-0.25, -0.2) is 0 Å². The highest BCUT2D eigenvalue weighted by Gasteiger charge is 2.38. The van der Waals surface area contributed by atoms with Crippen molar-refractivity contribution in [1.82, 2.24) is 5.32 Å². The molecule has 18 heavy (non-hydrogen) atoms. The van der Waals surface area contributed by atoms with Crippen molar-refractivity contribution in [2.75, 3.05) is 18.8 Å². The van der Waals surface area contributed by atoms with E-state index in [4.69, 9.17) is 5.73 Å². The number of alkyl halides is 3. The molecule has 1 unspecified atom stereocenters. The molecule has 1 saturated heterocycles. The molecule has 0 amide bonds. The monoisotopic (exact) mass is 260 g/mol. The summed E-state index contributed by atoms with van der Waals surface area (Å²) in [5.74, 6) is 0. The summed E-state index contributed by atoms with van der Waals surface area (Å²) in [5.41, 5.74) is 3.15. The molecular weight excluding hydrogens is 245 g/mol. The minimum atomic E-state index is -4.50. The molecule has 0 radical (unpaired) electrons. The van der Waals surface area contributed by atoms with Gasteiger partial charge >= 0.3 is 6.18 Å². The quantitative estimate of drug-likeness (QED) is 0.675. The van der Waals surface area contributed by atoms with E-state index < -0.39 is 17.3 Å². The Morgan fingerprint density at radius 3 is 2.61 bits per heavy atom. The summed E-state index contributed by atoms with van der Waals surface area (Å²) in [6.45, 7) is 0.972. The number of hydrogen-bond acceptors (Lipinski definition) is 3. The lowest BCUT2D eigenvalue weighted by atomic mass is 9.84. The Morgan fingerprint density at radius 2 is 2.06 bits per heavy atom. The molecule has 1 fully saturated rings. The minimum absolute atomic E-state index is 0.157. The smallest absolute Gasteiger partial charge is 0.398 e. The highest BCUT2D eigenvalue weighted by Crippen LogP contribution is 2.39. The fourth-order valence-corrected chi connectivity index (χ4v) is 2.34. The van der Waals surface area contributed by atoms with Gasteiger partial charge in [-0.1, -0.05) is 12.1 Å². The third-order valence-corrected chi connectivity index (χ3v) is 3.27. The van der Waals surface area contributed by atoms with Crippen LogP contribution < -0.4 is 11.1 Å². The topological polar surface area (TPSA) is 58.3 Å². The summed E-state index contributed by atoms with van der Waals surface area (Å²) in [6, 6.07) is 3.66. The second-order valence-corrected chi connectivity index (χ2v) is 4.58. The van der Waals surface area contributed by atoms with Crippen LogP contribution in [-0.2, 0) is 11.8 Å². The van der Waals surface area contributed by atoms with E-state index in [1.807, 2.05) is 0 Å². The molecule has 2 rings (SSSR count). The number of nitrogen functional groups attached to an aromatic ring is 1. The number of benzene rings is 1. The summed E-state index contributed by atoms with van der Waals surface area (Å²) in [5, 5.41) is 13.4. The predicted octanol–water partition coefficient (Wildman–Crippen LogP) is 1.86. The van der Waals surface area contributed by atoms with Gasteiger partial charge in [0.05, 0.1) is 5.56 Å². The van der Waals surface area contributed by atoms with Crippen molar-refractivity contribution in [3.8, 4) is 0 Å². The van der Waals surface area contributed by atoms with E-state index in [-0.39, 0.29) is 17.8 Å². The van der Waals surface area contributed by atoms with E-state index >= 15 is 0 Å². The largest absolute Gasteiger partial charge is 0.418 e. The maximum atomic E-state index is 12.7. The zero-order valence-corrected chi connectivity index (χ0v) is 9.72. The van der Waals surface area contributed by atoms with Crippen LogP contribution >= 0.6 is 0 Å². The number of nitrogens with two attached hydrogens (primary N) is 1. The first-order valence-corrected chi connectivity index (χ1v) is 5.74. The molecule has 4 N–H and O–H groups in total. The summed E-state index contributed by atoms with van der Waals surface area (Å²) in [4.78, 5) is 0. The van der Waals surface area contributed by atoms with Crippen LogP contribution in [0.4, 0.5) is 18.9 Å². The van der Waals surface area contributed by atoms with Crippen LogP contribution in [0.15, 0.2) is 18.2 Å². The molecule has 0 aliphatic carbocycles. The molecule has 0 bridgehead atoms. The van der Waals surface area contributed by atoms with E-state index in [0.717, 1.165) is 12.6 Å². The van der Waals surface area contributed by atoms with Crippen LogP contribution in [0.25, 0.3) is 0 Å². The van der Waals surface area contributed by atoms with E-state index in [9.17, 15) is 18.3 Å². The Morgan fingerprint density at radius 1 is 1.33 bits per heavy atom. The first-order chi connectivity index (χ1) is 8.34. The molecule has 1 heterocycles. The number of halogens is 3. The molecule has 0 spiro atoms. The van der Waals surface area contributed by atoms with Crippen molar-refractivity contribution in [3.05, 3.63) is 29.3 Å². The predicted molar refractivity (Wildman–Crippen MR) is 61.9 cm³/mol. The number of aliphatic hydroxyl groups is 1. The standard InChI is InChI=1S/C12H15F3N2O/c13-12(14,15)9-4-1-3-8(10(9)16)11(18)5-2-6-17-7-11/h1,3-4,17-18H,2,5-7,16H2. The SMILES string of the molecule is Nc1c(C(F)(F)F)cccc1C1(O)CCCNC1. The third kappa shape index (κ3) is 2.30. The van der Waals surface area contributed by atoms with Gasteiger partial charge in [0, 0.05) is 17.8 Å². The van der Waals surface area contributed by atoms with Gasteiger partial charge in [0.15, 0.2) is 0 Å². The second-order valence-electron chi connectivity index (χ2n) is 4.58. The molecular formula is C12H15F3N2O. The van der Waals surface area contributed by atoms with Crippen molar-refractivity contribution < 1.29 is 18.3 Å². The highest BCUT2D eigenvalue weighted by atomic mass is 19.4. The zero-order valence-electron chi connectivity index (χ0n) is 9.72. The van der Waals surface area contributed by atoms with Gasteiger partial charge < -0.3 is 16.2 Å². The molecule has 6 heteroatoms. The fourth-order valence-electron chi connectivity index (χ4n) is 2.34. The maximum Gasteiger partial charge on any atom is 0.418 e. The van der Waals surface area contributed by atoms with Crippen LogP contribution in [-0.4, -0.2) is 18.2 Å². The summed E-state index contributed by atoms with van der Waals surface area (Å²) < 4.78 is 38.2. The lowest BCUT2D eigenvalue weighted by Crippen LogP contribution is -2.43. The number of nitrogens with one attached hydrogen (secondary N) is 1. The number of β-amino-alcohol motifs (C(OH)–C–C–N with tert-alkyl or cyclic N) is 1. The summed E-state index contributed by atoms with van der Waals surface area (Å²) in [7, 11) is 0. The molecule has 0 aromatic heterocycles. The van der Waals surface area contributed by atoms with Gasteiger partial charge in [-0.2, -0.15) is 13.2 Å². The van der Waals surface area contributed by atoms with Crippen LogP contribution in [0.3, 0.4) is 0 Å². The van der Waals surface area contributed by atoms with Gasteiger partial charge in [0.1, 0.15) is 5.60 Å². The lowest BCUT2D eigenvalue weighted by molar-refractivity contribution is -0.137. The fraction of sp³-hybridized carbons (Fsp3) is 0.500. The first kappa shape index (κ1) is 13.2. The van der Waals surface area contributed by atoms with Gasteiger partial charge in [0.2, 0.25) is 0 Å². The number of anilines is 1. The van der Waals surface area contributed by atoms with Crippen LogP contribution in [0, 0.1) is 0 Å². The normalized spacial score (nSPS) is 25.1. The molecule has 1 aliphatic heterocycles. The number of piperidine rings is 1. The van der Waals surface area contributed by atoms with Gasteiger partial charge in [-0.05, 0) is 25.5 Å². The average molecular weight is 260 g/mol. The highest BCUT2D eigenvalue weighted by molar-refractivity contribution is 5.57. The Hall–Kier alpha value is -1.27. The molecule has 1 atom stereocenters. The first-order valence-electron chi connectivity index (χ1n) is 5.74. The molecule has 3 nitrogen and oxygen atoms in total. The minimum Gasteiger partial charge on any atom is -0.398 e. The van der Waals surface area contributed by atoms with E-state index in [1.54, 1.807) is 0 Å². The van der Waals surface area contributed by atoms with E-state index in [2.05, 4.69) is 5.32 Å². The summed E-state index contributed by atoms with van der Waals surface area (Å²) in [6.07, 6.45) is -3.39. The van der Waals surface area contributed by atoms with Crippen molar-refractivity contribution in [3.63, 3.8) is 0 Å². The van der Waals surface area contributed by atoms with Crippen molar-refractivity contribution in [2.24, 2.45) is 0 Å². The molecule has 0 saturated carbocycles. The van der Waals surface area contributed by atoms with Gasteiger partial charge in [0.25, 0.3) is 0 Å². The molecule has 100 valence electrons. The van der Waals surface area contributed by atoms with Crippen molar-refractivity contribution in [2.45, 2.75) is 24.6 Å². The Bertz CT molecular complexity index is 439. The maximum absolute atomic E-state index is 12.7. The van der Waals surface area contributed by atoms with Crippen LogP contribution in [0.5, 0.6) is 0 Å². The molecule has 1 aromatic carbocycles. The lowest BCUT2D eigenvalue weighted by Gasteiger charge is -2.34. The molecule has 1 aliphatic rings. The van der Waals surface area contributed by atoms with Gasteiger partial charge in [-0.15, -0.1) is 0 Å². The molecule has 1 aromatic rings. The zero-order chi connectivity index (χ0) is 13.4. The number of para-hydroxylation sites is 1.